The molecular formula is C17H20BrNO2. The molecule has 1 unspecified atom stereocenters. The zero-order valence-electron chi connectivity index (χ0n) is 12.1. The van der Waals surface area contributed by atoms with Crippen molar-refractivity contribution in [1.29, 1.82) is 0 Å². The minimum Gasteiger partial charge on any atom is -0.493 e. The quantitative estimate of drug-likeness (QED) is 0.801. The second-order valence-electron chi connectivity index (χ2n) is 4.76. The number of aliphatic hydroxyl groups is 1. The Labute approximate surface area is 134 Å². The van der Waals surface area contributed by atoms with Gasteiger partial charge in [-0.1, -0.05) is 36.4 Å². The summed E-state index contributed by atoms with van der Waals surface area (Å²) < 4.78 is 6.44. The van der Waals surface area contributed by atoms with Gasteiger partial charge in [0.25, 0.3) is 0 Å². The molecule has 0 heterocycles. The van der Waals surface area contributed by atoms with Crippen LogP contribution >= 0.6 is 15.9 Å². The number of rotatable bonds is 7. The van der Waals surface area contributed by atoms with Gasteiger partial charge in [-0.05, 0) is 46.1 Å². The summed E-state index contributed by atoms with van der Waals surface area (Å²) in [5, 5.41) is 13.3. The Hall–Kier alpha value is -1.36. The standard InChI is InChI=1S/C17H20BrNO2/c1-2-21-17-9-8-13(10-15(17)18)11-19-12-16(20)14-6-4-3-5-7-14/h3-10,16,19-20H,2,11-12H2,1H3. The van der Waals surface area contributed by atoms with E-state index < -0.39 is 6.10 Å². The van der Waals surface area contributed by atoms with Crippen LogP contribution in [0.4, 0.5) is 0 Å². The van der Waals surface area contributed by atoms with E-state index in [1.54, 1.807) is 0 Å². The van der Waals surface area contributed by atoms with E-state index in [4.69, 9.17) is 4.74 Å². The van der Waals surface area contributed by atoms with E-state index >= 15 is 0 Å². The maximum absolute atomic E-state index is 10.1. The van der Waals surface area contributed by atoms with Crippen LogP contribution in [0.3, 0.4) is 0 Å². The van der Waals surface area contributed by atoms with Gasteiger partial charge in [0, 0.05) is 13.1 Å². The first-order valence-electron chi connectivity index (χ1n) is 7.05. The van der Waals surface area contributed by atoms with Crippen molar-refractivity contribution >= 4 is 15.9 Å². The van der Waals surface area contributed by atoms with Gasteiger partial charge in [-0.3, -0.25) is 0 Å². The largest absolute Gasteiger partial charge is 0.493 e. The van der Waals surface area contributed by atoms with Gasteiger partial charge in [-0.2, -0.15) is 0 Å². The molecule has 2 aromatic rings. The number of halogens is 1. The van der Waals surface area contributed by atoms with Gasteiger partial charge < -0.3 is 15.2 Å². The Balaban J connectivity index is 1.85. The van der Waals surface area contributed by atoms with Crippen molar-refractivity contribution in [2.24, 2.45) is 0 Å². The summed E-state index contributed by atoms with van der Waals surface area (Å²) in [7, 11) is 0. The van der Waals surface area contributed by atoms with Crippen molar-refractivity contribution in [1.82, 2.24) is 5.32 Å². The van der Waals surface area contributed by atoms with Crippen LogP contribution in [0.15, 0.2) is 53.0 Å². The highest BCUT2D eigenvalue weighted by Gasteiger charge is 2.07. The highest BCUT2D eigenvalue weighted by atomic mass is 79.9. The minimum atomic E-state index is -0.489. The van der Waals surface area contributed by atoms with Crippen molar-refractivity contribution in [3.63, 3.8) is 0 Å². The summed E-state index contributed by atoms with van der Waals surface area (Å²) in [6, 6.07) is 15.7. The van der Waals surface area contributed by atoms with E-state index in [2.05, 4.69) is 21.2 Å². The van der Waals surface area contributed by atoms with Gasteiger partial charge in [-0.15, -0.1) is 0 Å². The highest BCUT2D eigenvalue weighted by molar-refractivity contribution is 9.10. The summed E-state index contributed by atoms with van der Waals surface area (Å²) >= 11 is 3.50. The van der Waals surface area contributed by atoms with Crippen LogP contribution in [0.5, 0.6) is 5.75 Å². The zero-order chi connectivity index (χ0) is 15.1. The molecule has 0 fully saturated rings. The molecule has 1 atom stereocenters. The fourth-order valence-corrected chi connectivity index (χ4v) is 2.61. The second kappa shape index (κ2) is 8.17. The van der Waals surface area contributed by atoms with Gasteiger partial charge in [-0.25, -0.2) is 0 Å². The third-order valence-corrected chi connectivity index (χ3v) is 3.77. The normalized spacial score (nSPS) is 12.1. The average molecular weight is 350 g/mol. The maximum atomic E-state index is 10.1. The molecule has 0 aliphatic rings. The Morgan fingerprint density at radius 2 is 1.95 bits per heavy atom. The molecular weight excluding hydrogens is 330 g/mol. The van der Waals surface area contributed by atoms with Gasteiger partial charge in [0.2, 0.25) is 0 Å². The molecule has 2 aromatic carbocycles. The second-order valence-corrected chi connectivity index (χ2v) is 5.61. The van der Waals surface area contributed by atoms with Crippen LogP contribution in [0.25, 0.3) is 0 Å². The van der Waals surface area contributed by atoms with Crippen LogP contribution in [-0.2, 0) is 6.54 Å². The summed E-state index contributed by atoms with van der Waals surface area (Å²) in [4.78, 5) is 0. The molecule has 21 heavy (non-hydrogen) atoms. The zero-order valence-corrected chi connectivity index (χ0v) is 13.6. The van der Waals surface area contributed by atoms with Crippen LogP contribution in [0.2, 0.25) is 0 Å². The lowest BCUT2D eigenvalue weighted by molar-refractivity contribution is 0.174. The molecule has 0 saturated heterocycles. The lowest BCUT2D eigenvalue weighted by Gasteiger charge is -2.13. The van der Waals surface area contributed by atoms with Crippen molar-refractivity contribution in [2.45, 2.75) is 19.6 Å². The van der Waals surface area contributed by atoms with Crippen molar-refractivity contribution < 1.29 is 9.84 Å². The molecule has 4 heteroatoms. The Bertz CT molecular complexity index is 560. The maximum Gasteiger partial charge on any atom is 0.133 e. The van der Waals surface area contributed by atoms with Crippen LogP contribution < -0.4 is 10.1 Å². The van der Waals surface area contributed by atoms with Crippen LogP contribution in [0.1, 0.15) is 24.2 Å². The first kappa shape index (κ1) is 16.0. The van der Waals surface area contributed by atoms with Gasteiger partial charge in [0.05, 0.1) is 17.2 Å². The number of benzene rings is 2. The molecule has 0 aliphatic carbocycles. The Kier molecular flexibility index (Phi) is 6.23. The lowest BCUT2D eigenvalue weighted by atomic mass is 10.1. The molecule has 2 rings (SSSR count). The Morgan fingerprint density at radius 1 is 1.19 bits per heavy atom. The summed E-state index contributed by atoms with van der Waals surface area (Å²) in [6.45, 7) is 3.84. The smallest absolute Gasteiger partial charge is 0.133 e. The molecule has 0 bridgehead atoms. The van der Waals surface area contributed by atoms with E-state index in [0.29, 0.717) is 19.7 Å². The number of hydrogen-bond donors (Lipinski definition) is 2. The first-order valence-corrected chi connectivity index (χ1v) is 7.85. The lowest BCUT2D eigenvalue weighted by Crippen LogP contribution is -2.21. The third-order valence-electron chi connectivity index (χ3n) is 3.15. The van der Waals surface area contributed by atoms with Crippen LogP contribution in [-0.4, -0.2) is 18.3 Å². The fourth-order valence-electron chi connectivity index (χ4n) is 2.07. The predicted octanol–water partition coefficient (Wildman–Crippen LogP) is 3.67. The SMILES string of the molecule is CCOc1ccc(CNCC(O)c2ccccc2)cc1Br. The van der Waals surface area contributed by atoms with Crippen molar-refractivity contribution in [2.75, 3.05) is 13.2 Å². The van der Waals surface area contributed by atoms with Crippen molar-refractivity contribution in [3.8, 4) is 5.75 Å². The summed E-state index contributed by atoms with van der Waals surface area (Å²) in [6.07, 6.45) is -0.489. The summed E-state index contributed by atoms with van der Waals surface area (Å²) in [5.41, 5.74) is 2.07. The highest BCUT2D eigenvalue weighted by Crippen LogP contribution is 2.26. The molecule has 0 amide bonds. The van der Waals surface area contributed by atoms with Crippen LogP contribution in [0, 0.1) is 0 Å². The first-order chi connectivity index (χ1) is 10.2. The van der Waals surface area contributed by atoms with E-state index in [0.717, 1.165) is 21.3 Å². The van der Waals surface area contributed by atoms with E-state index in [1.165, 1.54) is 0 Å². The van der Waals surface area contributed by atoms with Gasteiger partial charge in [0.15, 0.2) is 0 Å². The minimum absolute atomic E-state index is 0.489. The summed E-state index contributed by atoms with van der Waals surface area (Å²) in [5.74, 6) is 0.852. The molecule has 2 N–H and O–H groups in total. The molecule has 0 aliphatic heterocycles. The molecule has 0 aromatic heterocycles. The van der Waals surface area contributed by atoms with E-state index in [1.807, 2.05) is 55.5 Å². The number of ether oxygens (including phenoxy) is 1. The number of hydrogen-bond acceptors (Lipinski definition) is 3. The fraction of sp³-hybridized carbons (Fsp3) is 0.294. The van der Waals surface area contributed by atoms with Gasteiger partial charge in [0.1, 0.15) is 5.75 Å². The third kappa shape index (κ3) is 4.84. The molecule has 0 saturated carbocycles. The molecule has 112 valence electrons. The van der Waals surface area contributed by atoms with E-state index in [-0.39, 0.29) is 0 Å². The average Bonchev–Trinajstić information content (AvgIpc) is 2.51. The number of nitrogens with one attached hydrogen (secondary N) is 1. The topological polar surface area (TPSA) is 41.5 Å². The monoisotopic (exact) mass is 349 g/mol. The number of aliphatic hydroxyl groups excluding tert-OH is 1. The predicted molar refractivity (Wildman–Crippen MR) is 88.4 cm³/mol. The molecule has 0 radical (unpaired) electrons. The molecule has 0 spiro atoms. The molecule has 3 nitrogen and oxygen atoms in total. The van der Waals surface area contributed by atoms with Gasteiger partial charge >= 0.3 is 0 Å². The Morgan fingerprint density at radius 3 is 2.62 bits per heavy atom. The van der Waals surface area contributed by atoms with E-state index in [9.17, 15) is 5.11 Å². The van der Waals surface area contributed by atoms with Crippen molar-refractivity contribution in [3.05, 3.63) is 64.1 Å².